The van der Waals surface area contributed by atoms with E-state index in [4.69, 9.17) is 5.26 Å². The van der Waals surface area contributed by atoms with E-state index in [2.05, 4.69) is 29.6 Å². The van der Waals surface area contributed by atoms with E-state index in [0.29, 0.717) is 0 Å². The largest absolute Gasteiger partial charge is 0.302 e. The number of benzene rings is 1. The van der Waals surface area contributed by atoms with E-state index in [1.807, 2.05) is 6.92 Å². The van der Waals surface area contributed by atoms with Crippen LogP contribution in [0.25, 0.3) is 0 Å². The van der Waals surface area contributed by atoms with E-state index in [9.17, 15) is 0 Å². The van der Waals surface area contributed by atoms with Gasteiger partial charge in [-0.1, -0.05) is 18.2 Å². The fourth-order valence-electron chi connectivity index (χ4n) is 2.26. The highest BCUT2D eigenvalue weighted by atomic mass is 14.9. The Labute approximate surface area is 97.3 Å². The second-order valence-electron chi connectivity index (χ2n) is 4.51. The van der Waals surface area contributed by atoms with Crippen LogP contribution in [0.2, 0.25) is 0 Å². The summed E-state index contributed by atoms with van der Waals surface area (Å²) < 4.78 is 0. The lowest BCUT2D eigenvalue weighted by atomic mass is 10.0. The summed E-state index contributed by atoms with van der Waals surface area (Å²) in [4.78, 5) is 0. The molecule has 2 heteroatoms. The van der Waals surface area contributed by atoms with Crippen LogP contribution in [-0.4, -0.2) is 12.6 Å². The van der Waals surface area contributed by atoms with Crippen molar-refractivity contribution in [2.45, 2.75) is 38.6 Å². The number of aryl methyl sites for hydroxylation is 2. The van der Waals surface area contributed by atoms with Gasteiger partial charge in [-0.05, 0) is 49.3 Å². The quantitative estimate of drug-likeness (QED) is 0.834. The molecule has 0 amide bonds. The van der Waals surface area contributed by atoms with Gasteiger partial charge in [-0.25, -0.2) is 0 Å². The molecule has 0 radical (unpaired) electrons. The molecule has 1 aliphatic rings. The summed E-state index contributed by atoms with van der Waals surface area (Å²) in [6.07, 6.45) is 4.81. The molecule has 0 spiro atoms. The molecule has 0 aliphatic heterocycles. The molecule has 84 valence electrons. The number of hydrogen-bond donors (Lipinski definition) is 1. The van der Waals surface area contributed by atoms with Crippen molar-refractivity contribution in [2.75, 3.05) is 6.54 Å². The second-order valence-corrected chi connectivity index (χ2v) is 4.51. The monoisotopic (exact) mass is 214 g/mol. The Morgan fingerprint density at radius 3 is 3.00 bits per heavy atom. The van der Waals surface area contributed by atoms with Crippen molar-refractivity contribution in [1.82, 2.24) is 5.32 Å². The molecule has 0 saturated heterocycles. The highest BCUT2D eigenvalue weighted by molar-refractivity contribution is 5.35. The fraction of sp³-hybridized carbons (Fsp3) is 0.500. The summed E-state index contributed by atoms with van der Waals surface area (Å²) >= 11 is 0. The normalized spacial score (nSPS) is 15.5. The Morgan fingerprint density at radius 2 is 2.19 bits per heavy atom. The molecule has 0 fully saturated rings. The lowest BCUT2D eigenvalue weighted by molar-refractivity contribution is 0.640. The van der Waals surface area contributed by atoms with E-state index < -0.39 is 0 Å². The molecular formula is C14H18N2. The lowest BCUT2D eigenvalue weighted by Gasteiger charge is -2.07. The molecule has 16 heavy (non-hydrogen) atoms. The predicted octanol–water partition coefficient (Wildman–Crippen LogP) is 2.22. The molecule has 0 saturated carbocycles. The minimum Gasteiger partial charge on any atom is -0.302 e. The van der Waals surface area contributed by atoms with Crippen LogP contribution in [-0.2, 0) is 19.3 Å². The van der Waals surface area contributed by atoms with E-state index >= 15 is 0 Å². The van der Waals surface area contributed by atoms with E-state index in [0.717, 1.165) is 13.0 Å². The smallest absolute Gasteiger partial charge is 0.0924 e. The van der Waals surface area contributed by atoms with Crippen molar-refractivity contribution in [3.05, 3.63) is 34.9 Å². The highest BCUT2D eigenvalue weighted by Crippen LogP contribution is 2.22. The van der Waals surface area contributed by atoms with E-state index in [1.54, 1.807) is 0 Å². The average Bonchev–Trinajstić information content (AvgIpc) is 2.76. The topological polar surface area (TPSA) is 35.8 Å². The van der Waals surface area contributed by atoms with E-state index in [1.165, 1.54) is 36.0 Å². The number of fused-ring (bicyclic) bond motifs is 1. The molecule has 0 heterocycles. The summed E-state index contributed by atoms with van der Waals surface area (Å²) in [5.41, 5.74) is 4.45. The van der Waals surface area contributed by atoms with Gasteiger partial charge in [-0.15, -0.1) is 0 Å². The maximum absolute atomic E-state index is 8.65. The maximum atomic E-state index is 8.65. The van der Waals surface area contributed by atoms with Crippen LogP contribution >= 0.6 is 0 Å². The van der Waals surface area contributed by atoms with Crippen LogP contribution in [0.4, 0.5) is 0 Å². The molecule has 2 rings (SSSR count). The zero-order chi connectivity index (χ0) is 11.4. The van der Waals surface area contributed by atoms with Gasteiger partial charge in [0, 0.05) is 6.54 Å². The Hall–Kier alpha value is -1.33. The molecule has 1 aromatic rings. The highest BCUT2D eigenvalue weighted by Gasteiger charge is 2.10. The van der Waals surface area contributed by atoms with Gasteiger partial charge in [-0.2, -0.15) is 5.26 Å². The summed E-state index contributed by atoms with van der Waals surface area (Å²) in [6.45, 7) is 2.77. The van der Waals surface area contributed by atoms with Crippen molar-refractivity contribution in [3.63, 3.8) is 0 Å². The summed E-state index contributed by atoms with van der Waals surface area (Å²) in [7, 11) is 0. The first kappa shape index (κ1) is 11.2. The number of nitrogens with one attached hydrogen (secondary N) is 1. The van der Waals surface area contributed by atoms with Gasteiger partial charge in [0.05, 0.1) is 12.1 Å². The molecule has 0 bridgehead atoms. The first-order valence-corrected chi connectivity index (χ1v) is 6.03. The summed E-state index contributed by atoms with van der Waals surface area (Å²) in [5.74, 6) is 0. The van der Waals surface area contributed by atoms with Gasteiger partial charge in [0.1, 0.15) is 0 Å². The number of rotatable bonds is 4. The van der Waals surface area contributed by atoms with Gasteiger partial charge in [-0.3, -0.25) is 0 Å². The zero-order valence-corrected chi connectivity index (χ0v) is 9.79. The van der Waals surface area contributed by atoms with Crippen molar-refractivity contribution in [2.24, 2.45) is 0 Å². The molecule has 1 aromatic carbocycles. The van der Waals surface area contributed by atoms with Crippen molar-refractivity contribution in [1.29, 1.82) is 5.26 Å². The SMILES string of the molecule is CC(C#N)NCCc1ccc2c(c1)CCC2. The summed E-state index contributed by atoms with van der Waals surface area (Å²) in [6, 6.07) is 8.96. The average molecular weight is 214 g/mol. The minimum absolute atomic E-state index is 0.0468. The van der Waals surface area contributed by atoms with Gasteiger partial charge in [0.25, 0.3) is 0 Å². The van der Waals surface area contributed by atoms with Crippen molar-refractivity contribution >= 4 is 0 Å². The Bertz CT molecular complexity index is 404. The Morgan fingerprint density at radius 1 is 1.38 bits per heavy atom. The zero-order valence-electron chi connectivity index (χ0n) is 9.79. The Balaban J connectivity index is 1.89. The third kappa shape index (κ3) is 2.62. The molecule has 1 aliphatic carbocycles. The minimum atomic E-state index is -0.0468. The first-order valence-electron chi connectivity index (χ1n) is 6.03. The van der Waals surface area contributed by atoms with Crippen molar-refractivity contribution in [3.8, 4) is 6.07 Å². The van der Waals surface area contributed by atoms with Crippen LogP contribution in [0.3, 0.4) is 0 Å². The number of hydrogen-bond acceptors (Lipinski definition) is 2. The van der Waals surface area contributed by atoms with Crippen LogP contribution in [0.5, 0.6) is 0 Å². The van der Waals surface area contributed by atoms with Gasteiger partial charge in [0.2, 0.25) is 0 Å². The lowest BCUT2D eigenvalue weighted by Crippen LogP contribution is -2.26. The Kier molecular flexibility index (Phi) is 3.58. The van der Waals surface area contributed by atoms with E-state index in [-0.39, 0.29) is 6.04 Å². The van der Waals surface area contributed by atoms with Crippen molar-refractivity contribution < 1.29 is 0 Å². The number of nitriles is 1. The van der Waals surface area contributed by atoms with Gasteiger partial charge in [0.15, 0.2) is 0 Å². The third-order valence-corrected chi connectivity index (χ3v) is 3.22. The van der Waals surface area contributed by atoms with Crippen LogP contribution in [0, 0.1) is 11.3 Å². The number of nitrogens with zero attached hydrogens (tertiary/aromatic N) is 1. The first-order chi connectivity index (χ1) is 7.79. The fourth-order valence-corrected chi connectivity index (χ4v) is 2.26. The van der Waals surface area contributed by atoms with Gasteiger partial charge < -0.3 is 5.32 Å². The van der Waals surface area contributed by atoms with Crippen LogP contribution < -0.4 is 5.32 Å². The molecule has 2 nitrogen and oxygen atoms in total. The predicted molar refractivity (Wildman–Crippen MR) is 65.2 cm³/mol. The second kappa shape index (κ2) is 5.14. The standard InChI is InChI=1S/C14H18N2/c1-11(10-15)16-8-7-12-5-6-13-3-2-4-14(13)9-12/h5-6,9,11,16H,2-4,7-8H2,1H3. The van der Waals surface area contributed by atoms with Crippen LogP contribution in [0.15, 0.2) is 18.2 Å². The van der Waals surface area contributed by atoms with Crippen LogP contribution in [0.1, 0.15) is 30.0 Å². The molecule has 1 atom stereocenters. The summed E-state index contributed by atoms with van der Waals surface area (Å²) in [5, 5.41) is 11.8. The molecular weight excluding hydrogens is 196 g/mol. The molecule has 0 aromatic heterocycles. The molecule has 1 N–H and O–H groups in total. The molecule has 1 unspecified atom stereocenters. The maximum Gasteiger partial charge on any atom is 0.0924 e. The third-order valence-electron chi connectivity index (χ3n) is 3.22. The van der Waals surface area contributed by atoms with Gasteiger partial charge >= 0.3 is 0 Å².